The van der Waals surface area contributed by atoms with Crippen LogP contribution in [-0.2, 0) is 26.3 Å². The van der Waals surface area contributed by atoms with Gasteiger partial charge in [0, 0.05) is 36.1 Å². The van der Waals surface area contributed by atoms with Crippen LogP contribution >= 0.6 is 0 Å². The molecule has 2 fully saturated rings. The molecule has 0 spiro atoms. The number of ketones is 1. The number of carbonyl (C=O) groups is 3. The van der Waals surface area contributed by atoms with Gasteiger partial charge in [-0.15, -0.1) is 0 Å². The van der Waals surface area contributed by atoms with Gasteiger partial charge in [0.15, 0.2) is 11.3 Å². The summed E-state index contributed by atoms with van der Waals surface area (Å²) in [4.78, 5) is 51.3. The Morgan fingerprint density at radius 3 is 2.42 bits per heavy atom. The molecular weight excluding hydrogens is 564 g/mol. The summed E-state index contributed by atoms with van der Waals surface area (Å²) >= 11 is 0. The van der Waals surface area contributed by atoms with Crippen molar-refractivity contribution in [2.75, 3.05) is 6.54 Å². The molecule has 2 amide bonds. The number of azo groups is 1. The Morgan fingerprint density at radius 2 is 1.69 bits per heavy atom. The van der Waals surface area contributed by atoms with Gasteiger partial charge in [0.25, 0.3) is 0 Å². The van der Waals surface area contributed by atoms with Gasteiger partial charge >= 0.3 is 0 Å². The number of nitrogens with one attached hydrogen (secondary N) is 1. The Balaban J connectivity index is 1.12. The largest absolute Gasteiger partial charge is 0.354 e. The maximum atomic E-state index is 14.1. The molecule has 0 bridgehead atoms. The molecule has 1 unspecified atom stereocenters. The highest BCUT2D eigenvalue weighted by molar-refractivity contribution is 5.98. The van der Waals surface area contributed by atoms with E-state index < -0.39 is 11.6 Å². The van der Waals surface area contributed by atoms with Gasteiger partial charge in [-0.05, 0) is 87.1 Å². The smallest absolute Gasteiger partial charge is 0.242 e. The SMILES string of the molecule is CC(=O)C1(CC(=O)N2[C@H](C(=O)NCCCCCCc3ccccc3)C[C@@]3(C)C[C@@H]23)N=Nc2c(C)cc(-c3cnc(C)nc3)cc21. The van der Waals surface area contributed by atoms with Crippen LogP contribution in [0.1, 0.15) is 81.3 Å². The molecule has 3 heterocycles. The van der Waals surface area contributed by atoms with Crippen molar-refractivity contribution < 1.29 is 14.4 Å². The summed E-state index contributed by atoms with van der Waals surface area (Å²) in [5.74, 6) is 0.0800. The van der Waals surface area contributed by atoms with Crippen molar-refractivity contribution >= 4 is 23.3 Å². The van der Waals surface area contributed by atoms with Gasteiger partial charge in [-0.25, -0.2) is 9.97 Å². The zero-order chi connectivity index (χ0) is 31.8. The first kappa shape index (κ1) is 30.7. The molecule has 1 aromatic heterocycles. The van der Waals surface area contributed by atoms with E-state index in [1.165, 1.54) is 12.5 Å². The zero-order valence-corrected chi connectivity index (χ0v) is 26.7. The third-order valence-electron chi connectivity index (χ3n) is 9.93. The molecule has 1 saturated carbocycles. The molecule has 6 rings (SSSR count). The van der Waals surface area contributed by atoms with Gasteiger partial charge < -0.3 is 10.2 Å². The number of hydrogen-bond donors (Lipinski definition) is 1. The number of Topliss-reactive ketones (excluding diaryl/α,β-unsaturated/α-hetero) is 1. The van der Waals surface area contributed by atoms with E-state index in [2.05, 4.69) is 56.7 Å². The van der Waals surface area contributed by atoms with Crippen LogP contribution in [0.3, 0.4) is 0 Å². The summed E-state index contributed by atoms with van der Waals surface area (Å²) in [6, 6.07) is 13.8. The van der Waals surface area contributed by atoms with E-state index in [1.54, 1.807) is 17.3 Å². The van der Waals surface area contributed by atoms with Crippen molar-refractivity contribution in [2.24, 2.45) is 15.6 Å². The van der Waals surface area contributed by atoms with E-state index in [0.717, 1.165) is 55.2 Å². The lowest BCUT2D eigenvalue weighted by atomic mass is 9.81. The first-order valence-electron chi connectivity index (χ1n) is 16.1. The molecule has 2 aromatic carbocycles. The molecule has 1 aliphatic carbocycles. The number of unbranched alkanes of at least 4 members (excludes halogenated alkanes) is 3. The third-order valence-corrected chi connectivity index (χ3v) is 9.93. The number of nitrogens with zero attached hydrogens (tertiary/aromatic N) is 5. The van der Waals surface area contributed by atoms with E-state index in [1.807, 2.05) is 32.0 Å². The number of aryl methyl sites for hydroxylation is 3. The van der Waals surface area contributed by atoms with Crippen LogP contribution in [0.4, 0.5) is 5.69 Å². The number of carbonyl (C=O) groups excluding carboxylic acids is 3. The van der Waals surface area contributed by atoms with E-state index in [-0.39, 0.29) is 35.5 Å². The number of hydrogen-bond acceptors (Lipinski definition) is 7. The maximum Gasteiger partial charge on any atom is 0.242 e. The second-order valence-electron chi connectivity index (χ2n) is 13.3. The lowest BCUT2D eigenvalue weighted by Crippen LogP contribution is -2.50. The topological polar surface area (TPSA) is 117 Å². The molecule has 2 aliphatic heterocycles. The number of fused-ring (bicyclic) bond motifs is 2. The first-order valence-corrected chi connectivity index (χ1v) is 16.1. The van der Waals surface area contributed by atoms with Crippen molar-refractivity contribution in [3.05, 3.63) is 77.4 Å². The third kappa shape index (κ3) is 6.04. The Kier molecular flexibility index (Phi) is 8.37. The van der Waals surface area contributed by atoms with Crippen molar-refractivity contribution in [1.82, 2.24) is 20.2 Å². The summed E-state index contributed by atoms with van der Waals surface area (Å²) in [6.45, 7) is 7.95. The van der Waals surface area contributed by atoms with E-state index in [0.29, 0.717) is 30.0 Å². The predicted molar refractivity (Wildman–Crippen MR) is 172 cm³/mol. The fourth-order valence-electron chi connectivity index (χ4n) is 7.09. The number of amides is 2. The molecule has 4 atom stereocenters. The van der Waals surface area contributed by atoms with Gasteiger partial charge in [-0.1, -0.05) is 50.1 Å². The fraction of sp³-hybridized carbons (Fsp3) is 0.472. The number of piperidine rings is 1. The number of rotatable bonds is 12. The number of benzene rings is 2. The van der Waals surface area contributed by atoms with Crippen LogP contribution in [0, 0.1) is 19.3 Å². The molecular formula is C36H42N6O3. The van der Waals surface area contributed by atoms with Gasteiger partial charge in [-0.3, -0.25) is 14.4 Å². The highest BCUT2D eigenvalue weighted by atomic mass is 16.2. The maximum absolute atomic E-state index is 14.1. The van der Waals surface area contributed by atoms with Gasteiger partial charge in [0.1, 0.15) is 11.9 Å². The quantitative estimate of drug-likeness (QED) is 0.242. The summed E-state index contributed by atoms with van der Waals surface area (Å²) in [6.07, 6.45) is 10.1. The molecule has 1 N–H and O–H groups in total. The molecule has 0 radical (unpaired) electrons. The monoisotopic (exact) mass is 606 g/mol. The minimum atomic E-state index is -1.44. The van der Waals surface area contributed by atoms with Gasteiger partial charge in [0.2, 0.25) is 11.8 Å². The molecule has 45 heavy (non-hydrogen) atoms. The normalized spacial score (nSPS) is 24.3. The van der Waals surface area contributed by atoms with Crippen molar-refractivity contribution in [2.45, 2.75) is 96.7 Å². The highest BCUT2D eigenvalue weighted by Gasteiger charge is 2.65. The summed E-state index contributed by atoms with van der Waals surface area (Å²) < 4.78 is 0. The van der Waals surface area contributed by atoms with Crippen LogP contribution in [0.2, 0.25) is 0 Å². The zero-order valence-electron chi connectivity index (χ0n) is 26.7. The first-order chi connectivity index (χ1) is 21.6. The lowest BCUT2D eigenvalue weighted by Gasteiger charge is -2.30. The molecule has 3 aliphatic rings. The van der Waals surface area contributed by atoms with Crippen LogP contribution in [0.5, 0.6) is 0 Å². The molecule has 9 nitrogen and oxygen atoms in total. The van der Waals surface area contributed by atoms with E-state index >= 15 is 0 Å². The van der Waals surface area contributed by atoms with Crippen LogP contribution in [-0.4, -0.2) is 51.1 Å². The summed E-state index contributed by atoms with van der Waals surface area (Å²) in [5, 5.41) is 12.0. The van der Waals surface area contributed by atoms with Crippen molar-refractivity contribution in [3.63, 3.8) is 0 Å². The number of aromatic nitrogens is 2. The van der Waals surface area contributed by atoms with Crippen LogP contribution < -0.4 is 5.32 Å². The standard InChI is InChI=1S/C36H42N6O3/c1-23-16-27(28-21-38-25(3)39-22-28)17-29-33(23)40-41-36(29,24(2)43)20-32(44)42-30(18-35(4)19-31(35)42)34(45)37-15-11-6-5-8-12-26-13-9-7-10-14-26/h7,9-10,13-14,16-17,21-22,30-31H,5-6,8,11-12,15,18-20H2,1-4H3,(H,37,45)/t30-,31+,35-,36?/m0/s1. The van der Waals surface area contributed by atoms with E-state index in [4.69, 9.17) is 0 Å². The molecule has 234 valence electrons. The summed E-state index contributed by atoms with van der Waals surface area (Å²) in [7, 11) is 0. The highest BCUT2D eigenvalue weighted by Crippen LogP contribution is 2.60. The Bertz CT molecular complexity index is 1640. The Labute approximate surface area is 265 Å². The molecule has 1 saturated heterocycles. The average molecular weight is 607 g/mol. The fourth-order valence-corrected chi connectivity index (χ4v) is 7.09. The predicted octanol–water partition coefficient (Wildman–Crippen LogP) is 6.33. The second-order valence-corrected chi connectivity index (χ2v) is 13.3. The second kappa shape index (κ2) is 12.3. The Hall–Kier alpha value is -4.27. The van der Waals surface area contributed by atoms with Crippen LogP contribution in [0.15, 0.2) is 65.1 Å². The molecule has 9 heteroatoms. The van der Waals surface area contributed by atoms with Crippen molar-refractivity contribution in [1.29, 1.82) is 0 Å². The van der Waals surface area contributed by atoms with Crippen LogP contribution in [0.25, 0.3) is 11.1 Å². The van der Waals surface area contributed by atoms with E-state index in [9.17, 15) is 14.4 Å². The summed E-state index contributed by atoms with van der Waals surface area (Å²) in [5.41, 5.74) is 3.59. The lowest BCUT2D eigenvalue weighted by molar-refractivity contribution is -0.142. The van der Waals surface area contributed by atoms with Crippen molar-refractivity contribution in [3.8, 4) is 11.1 Å². The number of likely N-dealkylation sites (tertiary alicyclic amines) is 1. The molecule has 3 aromatic rings. The minimum Gasteiger partial charge on any atom is -0.354 e. The average Bonchev–Trinajstić information content (AvgIpc) is 3.37. The minimum absolute atomic E-state index is 0.00154. The Morgan fingerprint density at radius 1 is 0.956 bits per heavy atom. The van der Waals surface area contributed by atoms with Gasteiger partial charge in [-0.2, -0.15) is 10.2 Å². The van der Waals surface area contributed by atoms with Gasteiger partial charge in [0.05, 0.1) is 12.1 Å².